The molecule has 0 rings (SSSR count). The molecule has 0 aliphatic heterocycles. The second-order valence-electron chi connectivity index (χ2n) is 20.1. The quantitative estimate of drug-likeness (QED) is 0.0344. The first-order valence-corrected chi connectivity index (χ1v) is 28.4. The number of hydrogen-bond acceptors (Lipinski definition) is 6. The maximum atomic E-state index is 12.8. The molecule has 0 radical (unpaired) electrons. The van der Waals surface area contributed by atoms with Crippen molar-refractivity contribution in [2.45, 2.75) is 329 Å². The molecular formula is C57H110O6. The Labute approximate surface area is 393 Å². The number of rotatable bonds is 52. The summed E-state index contributed by atoms with van der Waals surface area (Å²) in [6, 6.07) is 0. The molecule has 0 heterocycles. The summed E-state index contributed by atoms with van der Waals surface area (Å²) in [6.07, 6.45) is 55.4. The SMILES string of the molecule is CCCCCCCCCCCCCCCCCCCCCC(=O)OC[C@H](COC(=O)CCCCCCCCCCCCCCCCCC)OC(=O)CCCCCCCCCC(C)C. The van der Waals surface area contributed by atoms with Crippen molar-refractivity contribution < 1.29 is 28.6 Å². The highest BCUT2D eigenvalue weighted by atomic mass is 16.6. The average Bonchev–Trinajstić information content (AvgIpc) is 3.27. The highest BCUT2D eigenvalue weighted by Gasteiger charge is 2.19. The summed E-state index contributed by atoms with van der Waals surface area (Å²) < 4.78 is 16.8. The van der Waals surface area contributed by atoms with Crippen molar-refractivity contribution in [3.63, 3.8) is 0 Å². The van der Waals surface area contributed by atoms with Crippen LogP contribution in [0.4, 0.5) is 0 Å². The van der Waals surface area contributed by atoms with Crippen LogP contribution in [0.5, 0.6) is 0 Å². The van der Waals surface area contributed by atoms with Gasteiger partial charge in [0.05, 0.1) is 0 Å². The summed E-state index contributed by atoms with van der Waals surface area (Å²) >= 11 is 0. The van der Waals surface area contributed by atoms with Gasteiger partial charge in [0.2, 0.25) is 0 Å². The van der Waals surface area contributed by atoms with Gasteiger partial charge in [0.15, 0.2) is 6.10 Å². The Morgan fingerprint density at radius 2 is 0.524 bits per heavy atom. The van der Waals surface area contributed by atoms with Crippen molar-refractivity contribution in [2.24, 2.45) is 5.92 Å². The second kappa shape index (κ2) is 51.4. The molecule has 0 aromatic heterocycles. The van der Waals surface area contributed by atoms with Gasteiger partial charge in [0.25, 0.3) is 0 Å². The maximum absolute atomic E-state index is 12.8. The average molecular weight is 892 g/mol. The molecule has 0 bridgehead atoms. The molecule has 6 nitrogen and oxygen atoms in total. The van der Waals surface area contributed by atoms with E-state index in [1.807, 2.05) is 0 Å². The molecule has 1 atom stereocenters. The number of carbonyl (C=O) groups is 3. The molecule has 0 aliphatic rings. The Kier molecular flexibility index (Phi) is 50.1. The van der Waals surface area contributed by atoms with E-state index in [1.165, 1.54) is 218 Å². The van der Waals surface area contributed by atoms with Gasteiger partial charge in [-0.3, -0.25) is 14.4 Å². The van der Waals surface area contributed by atoms with E-state index in [1.54, 1.807) is 0 Å². The van der Waals surface area contributed by atoms with E-state index in [4.69, 9.17) is 14.2 Å². The van der Waals surface area contributed by atoms with Crippen LogP contribution in [0.25, 0.3) is 0 Å². The molecule has 0 aromatic rings. The minimum Gasteiger partial charge on any atom is -0.462 e. The Balaban J connectivity index is 4.21. The molecule has 0 aliphatic carbocycles. The first kappa shape index (κ1) is 61.4. The minimum absolute atomic E-state index is 0.0631. The first-order valence-electron chi connectivity index (χ1n) is 28.4. The molecular weight excluding hydrogens is 781 g/mol. The monoisotopic (exact) mass is 891 g/mol. The molecule has 63 heavy (non-hydrogen) atoms. The number of esters is 3. The highest BCUT2D eigenvalue weighted by molar-refractivity contribution is 5.71. The Bertz CT molecular complexity index is 949. The normalized spacial score (nSPS) is 12.0. The van der Waals surface area contributed by atoms with Gasteiger partial charge >= 0.3 is 17.9 Å². The van der Waals surface area contributed by atoms with Gasteiger partial charge in [0, 0.05) is 19.3 Å². The van der Waals surface area contributed by atoms with Crippen LogP contribution in [0.2, 0.25) is 0 Å². The zero-order valence-corrected chi connectivity index (χ0v) is 43.0. The fraction of sp³-hybridized carbons (Fsp3) is 0.947. The predicted octanol–water partition coefficient (Wildman–Crippen LogP) is 18.6. The summed E-state index contributed by atoms with van der Waals surface area (Å²) in [5.74, 6) is -0.0642. The van der Waals surface area contributed by atoms with E-state index >= 15 is 0 Å². The molecule has 0 fully saturated rings. The topological polar surface area (TPSA) is 78.9 Å². The number of unbranched alkanes of at least 4 members (excludes halogenated alkanes) is 39. The smallest absolute Gasteiger partial charge is 0.306 e. The first-order chi connectivity index (χ1) is 30.9. The second-order valence-corrected chi connectivity index (χ2v) is 20.1. The van der Waals surface area contributed by atoms with Gasteiger partial charge < -0.3 is 14.2 Å². The van der Waals surface area contributed by atoms with Gasteiger partial charge in [-0.05, 0) is 25.2 Å². The fourth-order valence-electron chi connectivity index (χ4n) is 8.75. The van der Waals surface area contributed by atoms with E-state index in [0.29, 0.717) is 19.3 Å². The van der Waals surface area contributed by atoms with Crippen LogP contribution in [-0.2, 0) is 28.6 Å². The Morgan fingerprint density at radius 1 is 0.302 bits per heavy atom. The fourth-order valence-corrected chi connectivity index (χ4v) is 8.75. The maximum Gasteiger partial charge on any atom is 0.306 e. The van der Waals surface area contributed by atoms with Crippen molar-refractivity contribution in [1.29, 1.82) is 0 Å². The molecule has 0 N–H and O–H groups in total. The lowest BCUT2D eigenvalue weighted by Crippen LogP contribution is -2.30. The lowest BCUT2D eigenvalue weighted by Gasteiger charge is -2.18. The summed E-state index contributed by atoms with van der Waals surface area (Å²) in [4.78, 5) is 38.0. The highest BCUT2D eigenvalue weighted by Crippen LogP contribution is 2.18. The molecule has 0 saturated heterocycles. The summed E-state index contributed by atoms with van der Waals surface area (Å²) in [5, 5.41) is 0. The van der Waals surface area contributed by atoms with Crippen molar-refractivity contribution in [1.82, 2.24) is 0 Å². The zero-order valence-electron chi connectivity index (χ0n) is 43.0. The van der Waals surface area contributed by atoms with Crippen LogP contribution in [0.15, 0.2) is 0 Å². The molecule has 0 aromatic carbocycles. The third-order valence-electron chi connectivity index (χ3n) is 13.0. The van der Waals surface area contributed by atoms with Gasteiger partial charge in [-0.1, -0.05) is 285 Å². The Morgan fingerprint density at radius 3 is 0.778 bits per heavy atom. The standard InChI is InChI=1S/C57H110O6/c1-5-7-9-11-13-15-17-19-21-23-24-25-27-29-31-33-37-41-45-49-56(59)62-52-54(63-57(60)50-46-42-38-34-35-39-43-47-53(3)4)51-61-55(58)48-44-40-36-32-30-28-26-22-20-18-16-14-12-10-8-6-2/h53-54H,5-52H2,1-4H3/t54-/m0/s1. The third-order valence-corrected chi connectivity index (χ3v) is 13.0. The van der Waals surface area contributed by atoms with Crippen LogP contribution in [0.3, 0.4) is 0 Å². The molecule has 374 valence electrons. The van der Waals surface area contributed by atoms with Crippen molar-refractivity contribution in [2.75, 3.05) is 13.2 Å². The van der Waals surface area contributed by atoms with Crippen LogP contribution in [-0.4, -0.2) is 37.2 Å². The number of ether oxygens (including phenoxy) is 3. The van der Waals surface area contributed by atoms with E-state index in [-0.39, 0.29) is 31.1 Å². The van der Waals surface area contributed by atoms with Crippen LogP contribution in [0, 0.1) is 5.92 Å². The number of hydrogen-bond donors (Lipinski definition) is 0. The molecule has 0 spiro atoms. The van der Waals surface area contributed by atoms with E-state index < -0.39 is 6.10 Å². The van der Waals surface area contributed by atoms with E-state index in [2.05, 4.69) is 27.7 Å². The zero-order chi connectivity index (χ0) is 45.9. The number of carbonyl (C=O) groups excluding carboxylic acids is 3. The lowest BCUT2D eigenvalue weighted by atomic mass is 10.0. The predicted molar refractivity (Wildman–Crippen MR) is 270 cm³/mol. The van der Waals surface area contributed by atoms with Crippen molar-refractivity contribution in [3.05, 3.63) is 0 Å². The Hall–Kier alpha value is -1.59. The molecule has 6 heteroatoms. The van der Waals surface area contributed by atoms with Gasteiger partial charge in [-0.2, -0.15) is 0 Å². The van der Waals surface area contributed by atoms with Crippen molar-refractivity contribution >= 4 is 17.9 Å². The van der Waals surface area contributed by atoms with E-state index in [0.717, 1.165) is 63.7 Å². The van der Waals surface area contributed by atoms with Gasteiger partial charge in [-0.15, -0.1) is 0 Å². The van der Waals surface area contributed by atoms with Gasteiger partial charge in [0.1, 0.15) is 13.2 Å². The van der Waals surface area contributed by atoms with Crippen molar-refractivity contribution in [3.8, 4) is 0 Å². The molecule has 0 unspecified atom stereocenters. The summed E-state index contributed by atoms with van der Waals surface area (Å²) in [6.45, 7) is 9.00. The third kappa shape index (κ3) is 51.3. The lowest BCUT2D eigenvalue weighted by molar-refractivity contribution is -0.167. The van der Waals surface area contributed by atoms with Gasteiger partial charge in [-0.25, -0.2) is 0 Å². The summed E-state index contributed by atoms with van der Waals surface area (Å²) in [7, 11) is 0. The van der Waals surface area contributed by atoms with E-state index in [9.17, 15) is 14.4 Å². The summed E-state index contributed by atoms with van der Waals surface area (Å²) in [5.41, 5.74) is 0. The molecule has 0 saturated carbocycles. The minimum atomic E-state index is -0.762. The largest absolute Gasteiger partial charge is 0.462 e. The van der Waals surface area contributed by atoms with Crippen LogP contribution < -0.4 is 0 Å². The molecule has 0 amide bonds. The van der Waals surface area contributed by atoms with Crippen LogP contribution >= 0.6 is 0 Å². The van der Waals surface area contributed by atoms with Crippen LogP contribution in [0.1, 0.15) is 323 Å².